The summed E-state index contributed by atoms with van der Waals surface area (Å²) in [6, 6.07) is 15.5. The first-order chi connectivity index (χ1) is 14.5. The van der Waals surface area contributed by atoms with E-state index in [2.05, 4.69) is 18.7 Å². The van der Waals surface area contributed by atoms with Crippen molar-refractivity contribution in [3.05, 3.63) is 71.3 Å². The minimum atomic E-state index is -0.670. The Kier molecular flexibility index (Phi) is 6.90. The lowest BCUT2D eigenvalue weighted by molar-refractivity contribution is -0.140. The first-order valence-corrected chi connectivity index (χ1v) is 10.2. The van der Waals surface area contributed by atoms with Crippen LogP contribution in [-0.2, 0) is 9.59 Å². The Morgan fingerprint density at radius 1 is 1.07 bits per heavy atom. The van der Waals surface area contributed by atoms with Gasteiger partial charge in [-0.25, -0.2) is 0 Å². The van der Waals surface area contributed by atoms with Crippen LogP contribution >= 0.6 is 0 Å². The molecule has 0 aromatic heterocycles. The Hall–Kier alpha value is -3.12. The molecule has 1 heterocycles. The number of methoxy groups -OCH3 is 1. The number of carbonyl (C=O) groups is 2. The first-order valence-electron chi connectivity index (χ1n) is 10.2. The van der Waals surface area contributed by atoms with Gasteiger partial charge in [-0.15, -0.1) is 0 Å². The number of carbonyl (C=O) groups excluding carboxylic acids is 2. The molecule has 1 unspecified atom stereocenters. The Balaban J connectivity index is 2.10. The van der Waals surface area contributed by atoms with Crippen LogP contribution in [0.2, 0.25) is 0 Å². The van der Waals surface area contributed by atoms with Gasteiger partial charge in [0, 0.05) is 18.7 Å². The third kappa shape index (κ3) is 4.24. The predicted molar refractivity (Wildman–Crippen MR) is 116 cm³/mol. The summed E-state index contributed by atoms with van der Waals surface area (Å²) in [7, 11) is 1.57. The molecule has 1 aliphatic rings. The van der Waals surface area contributed by atoms with Crippen LogP contribution in [0.15, 0.2) is 60.2 Å². The number of hydrogen-bond donors (Lipinski definition) is 1. The lowest BCUT2D eigenvalue weighted by Crippen LogP contribution is -2.38. The normalized spacial score (nSPS) is 18.3. The van der Waals surface area contributed by atoms with Crippen molar-refractivity contribution in [2.75, 3.05) is 33.3 Å². The van der Waals surface area contributed by atoms with Gasteiger partial charge in [0.1, 0.15) is 11.5 Å². The SMILES string of the molecule is CCN(CC)CCN1C(=O)C(=O)/C(=C(\O)c2ccccc2)C1c1cccc(OC)c1. The molecule has 6 heteroatoms. The van der Waals surface area contributed by atoms with Gasteiger partial charge in [-0.05, 0) is 30.8 Å². The number of ether oxygens (including phenoxy) is 1. The summed E-state index contributed by atoms with van der Waals surface area (Å²) < 4.78 is 5.34. The molecule has 2 aromatic carbocycles. The van der Waals surface area contributed by atoms with E-state index in [1.165, 1.54) is 0 Å². The van der Waals surface area contributed by atoms with Crippen LogP contribution in [0.1, 0.15) is 31.0 Å². The van der Waals surface area contributed by atoms with Crippen LogP contribution in [-0.4, -0.2) is 59.9 Å². The van der Waals surface area contributed by atoms with E-state index < -0.39 is 17.7 Å². The smallest absolute Gasteiger partial charge is 0.295 e. The standard InChI is InChI=1S/C24H28N2O4/c1-4-25(5-2)14-15-26-21(18-12-9-13-19(16-18)30-3)20(23(28)24(26)29)22(27)17-10-7-6-8-11-17/h6-13,16,21,27H,4-5,14-15H2,1-3H3/b22-20-. The minimum absolute atomic E-state index is 0.110. The van der Waals surface area contributed by atoms with Gasteiger partial charge in [0.2, 0.25) is 0 Å². The van der Waals surface area contributed by atoms with Gasteiger partial charge in [0.25, 0.3) is 11.7 Å². The summed E-state index contributed by atoms with van der Waals surface area (Å²) in [4.78, 5) is 29.7. The number of amides is 1. The number of Topliss-reactive ketones (excluding diaryl/α,β-unsaturated/α-hetero) is 1. The molecule has 1 N–H and O–H groups in total. The lowest BCUT2D eigenvalue weighted by Gasteiger charge is -2.28. The van der Waals surface area contributed by atoms with Crippen LogP contribution < -0.4 is 4.74 Å². The number of hydrogen-bond acceptors (Lipinski definition) is 5. The fourth-order valence-corrected chi connectivity index (χ4v) is 3.81. The molecular formula is C24H28N2O4. The van der Waals surface area contributed by atoms with E-state index in [9.17, 15) is 14.7 Å². The highest BCUT2D eigenvalue weighted by atomic mass is 16.5. The zero-order valence-electron chi connectivity index (χ0n) is 17.7. The number of ketones is 1. The van der Waals surface area contributed by atoms with E-state index in [-0.39, 0.29) is 11.3 Å². The fraction of sp³-hybridized carbons (Fsp3) is 0.333. The molecule has 1 atom stereocenters. The number of benzene rings is 2. The molecule has 1 fully saturated rings. The molecule has 3 rings (SSSR count). The van der Waals surface area contributed by atoms with Crippen molar-refractivity contribution in [1.29, 1.82) is 0 Å². The minimum Gasteiger partial charge on any atom is -0.507 e. The zero-order chi connectivity index (χ0) is 21.7. The number of likely N-dealkylation sites (tertiary alicyclic amines) is 1. The molecule has 2 aromatic rings. The third-order valence-electron chi connectivity index (χ3n) is 5.55. The second-order valence-corrected chi connectivity index (χ2v) is 7.16. The average molecular weight is 408 g/mol. The molecular weight excluding hydrogens is 380 g/mol. The number of aliphatic hydroxyl groups excluding tert-OH is 1. The molecule has 0 aliphatic carbocycles. The monoisotopic (exact) mass is 408 g/mol. The van der Waals surface area contributed by atoms with Crippen molar-refractivity contribution < 1.29 is 19.4 Å². The van der Waals surface area contributed by atoms with Crippen LogP contribution in [0.4, 0.5) is 0 Å². The van der Waals surface area contributed by atoms with Gasteiger partial charge < -0.3 is 19.6 Å². The highest BCUT2D eigenvalue weighted by molar-refractivity contribution is 6.46. The molecule has 30 heavy (non-hydrogen) atoms. The number of nitrogens with zero attached hydrogens (tertiary/aromatic N) is 2. The van der Waals surface area contributed by atoms with Gasteiger partial charge in [-0.2, -0.15) is 0 Å². The second-order valence-electron chi connectivity index (χ2n) is 7.16. The Morgan fingerprint density at radius 3 is 2.40 bits per heavy atom. The van der Waals surface area contributed by atoms with Crippen molar-refractivity contribution in [3.63, 3.8) is 0 Å². The third-order valence-corrected chi connectivity index (χ3v) is 5.55. The summed E-state index contributed by atoms with van der Waals surface area (Å²) in [6.45, 7) is 6.87. The number of likely N-dealkylation sites (N-methyl/N-ethyl adjacent to an activating group) is 1. The summed E-state index contributed by atoms with van der Waals surface area (Å²) in [6.07, 6.45) is 0. The summed E-state index contributed by atoms with van der Waals surface area (Å²) in [5, 5.41) is 11.0. The Labute approximate surface area is 177 Å². The highest BCUT2D eigenvalue weighted by Crippen LogP contribution is 2.40. The van der Waals surface area contributed by atoms with Crippen molar-refractivity contribution >= 4 is 17.4 Å². The van der Waals surface area contributed by atoms with E-state index in [1.54, 1.807) is 42.3 Å². The Bertz CT molecular complexity index is 935. The van der Waals surface area contributed by atoms with Crippen molar-refractivity contribution in [2.45, 2.75) is 19.9 Å². The Morgan fingerprint density at radius 2 is 1.77 bits per heavy atom. The topological polar surface area (TPSA) is 70.1 Å². The molecule has 0 spiro atoms. The summed E-state index contributed by atoms with van der Waals surface area (Å²) >= 11 is 0. The van der Waals surface area contributed by atoms with E-state index in [0.717, 1.165) is 18.7 Å². The maximum atomic E-state index is 13.0. The van der Waals surface area contributed by atoms with Crippen LogP contribution in [0.3, 0.4) is 0 Å². The second kappa shape index (κ2) is 9.59. The van der Waals surface area contributed by atoms with Gasteiger partial charge in [0.05, 0.1) is 18.7 Å². The van der Waals surface area contributed by atoms with E-state index in [0.29, 0.717) is 24.4 Å². The van der Waals surface area contributed by atoms with Crippen molar-refractivity contribution in [1.82, 2.24) is 9.80 Å². The van der Waals surface area contributed by atoms with Gasteiger partial charge in [-0.1, -0.05) is 56.3 Å². The lowest BCUT2D eigenvalue weighted by atomic mass is 9.95. The largest absolute Gasteiger partial charge is 0.507 e. The van der Waals surface area contributed by atoms with Crippen molar-refractivity contribution in [3.8, 4) is 5.75 Å². The van der Waals surface area contributed by atoms with Crippen molar-refractivity contribution in [2.24, 2.45) is 0 Å². The molecule has 1 aliphatic heterocycles. The van der Waals surface area contributed by atoms with Gasteiger partial charge in [-0.3, -0.25) is 9.59 Å². The molecule has 0 saturated carbocycles. The number of aliphatic hydroxyl groups is 1. The van der Waals surface area contributed by atoms with Crippen LogP contribution in [0, 0.1) is 0 Å². The molecule has 1 saturated heterocycles. The molecule has 0 bridgehead atoms. The predicted octanol–water partition coefficient (Wildman–Crippen LogP) is 3.46. The number of rotatable bonds is 8. The van der Waals surface area contributed by atoms with Gasteiger partial charge in [0.15, 0.2) is 0 Å². The maximum absolute atomic E-state index is 13.0. The zero-order valence-corrected chi connectivity index (χ0v) is 17.7. The van der Waals surface area contributed by atoms with E-state index in [1.807, 2.05) is 24.3 Å². The highest BCUT2D eigenvalue weighted by Gasteiger charge is 2.46. The first kappa shape index (κ1) is 21.6. The van der Waals surface area contributed by atoms with E-state index in [4.69, 9.17) is 4.74 Å². The summed E-state index contributed by atoms with van der Waals surface area (Å²) in [5.74, 6) is -0.787. The molecule has 1 amide bonds. The van der Waals surface area contributed by atoms with Gasteiger partial charge >= 0.3 is 0 Å². The average Bonchev–Trinajstić information content (AvgIpc) is 3.04. The van der Waals surface area contributed by atoms with E-state index >= 15 is 0 Å². The van der Waals surface area contributed by atoms with Crippen LogP contribution in [0.25, 0.3) is 5.76 Å². The molecule has 0 radical (unpaired) electrons. The fourth-order valence-electron chi connectivity index (χ4n) is 3.81. The summed E-state index contributed by atoms with van der Waals surface area (Å²) in [5.41, 5.74) is 1.34. The molecule has 6 nitrogen and oxygen atoms in total. The maximum Gasteiger partial charge on any atom is 0.295 e. The molecule has 158 valence electrons. The quantitative estimate of drug-likeness (QED) is 0.412. The van der Waals surface area contributed by atoms with Crippen LogP contribution in [0.5, 0.6) is 5.75 Å².